The smallest absolute Gasteiger partial charge is 0.228 e. The first-order chi connectivity index (χ1) is 7.94. The van der Waals surface area contributed by atoms with E-state index in [0.29, 0.717) is 11.6 Å². The minimum atomic E-state index is -0.0482. The van der Waals surface area contributed by atoms with Crippen LogP contribution in [0.1, 0.15) is 33.6 Å². The number of amides is 1. The van der Waals surface area contributed by atoms with Crippen molar-refractivity contribution >= 4 is 17.5 Å². The van der Waals surface area contributed by atoms with E-state index in [4.69, 9.17) is 0 Å². The van der Waals surface area contributed by atoms with E-state index >= 15 is 0 Å². The number of nitrogens with one attached hydrogen (secondary N) is 2. The van der Waals surface area contributed by atoms with Gasteiger partial charge in [0, 0.05) is 11.5 Å². The Bertz CT molecular complexity index is 404. The van der Waals surface area contributed by atoms with Crippen LogP contribution in [-0.2, 0) is 4.79 Å². The lowest BCUT2D eigenvalue weighted by molar-refractivity contribution is -0.117. The minimum Gasteiger partial charge on any atom is -0.364 e. The van der Waals surface area contributed by atoms with Crippen LogP contribution in [0.3, 0.4) is 0 Å². The van der Waals surface area contributed by atoms with Gasteiger partial charge in [0.05, 0.1) is 0 Å². The Morgan fingerprint density at radius 1 is 1.24 bits per heavy atom. The number of aromatic nitrogens is 2. The Morgan fingerprint density at radius 2 is 1.82 bits per heavy atom. The number of anilines is 2. The topological polar surface area (TPSA) is 66.9 Å². The Hall–Kier alpha value is -1.65. The van der Waals surface area contributed by atoms with Crippen molar-refractivity contribution in [1.82, 2.24) is 10.2 Å². The molecule has 2 N–H and O–H groups in total. The fourth-order valence-electron chi connectivity index (χ4n) is 1.42. The fourth-order valence-corrected chi connectivity index (χ4v) is 1.42. The van der Waals surface area contributed by atoms with Gasteiger partial charge in [0.25, 0.3) is 0 Å². The molecule has 0 aliphatic heterocycles. The maximum atomic E-state index is 11.5. The van der Waals surface area contributed by atoms with Gasteiger partial charge < -0.3 is 10.6 Å². The van der Waals surface area contributed by atoms with Gasteiger partial charge in [-0.25, -0.2) is 0 Å². The number of hydrogen-bond donors (Lipinski definition) is 2. The predicted octanol–water partition coefficient (Wildman–Crippen LogP) is 2.04. The molecule has 1 saturated carbocycles. The summed E-state index contributed by atoms with van der Waals surface area (Å²) in [6.07, 6.45) is 1.98. The second-order valence-electron chi connectivity index (χ2n) is 5.44. The molecule has 5 nitrogen and oxygen atoms in total. The van der Waals surface area contributed by atoms with Crippen LogP contribution in [0.25, 0.3) is 0 Å². The van der Waals surface area contributed by atoms with E-state index in [9.17, 15) is 4.79 Å². The molecule has 1 heterocycles. The molecule has 1 amide bonds. The summed E-state index contributed by atoms with van der Waals surface area (Å²) in [6, 6.07) is 3.59. The van der Waals surface area contributed by atoms with Crippen LogP contribution in [0.4, 0.5) is 11.6 Å². The third kappa shape index (κ3) is 3.69. The predicted molar refractivity (Wildman–Crippen MR) is 66.8 cm³/mol. The van der Waals surface area contributed by atoms with Crippen LogP contribution in [0.5, 0.6) is 0 Å². The highest BCUT2D eigenvalue weighted by molar-refractivity contribution is 5.93. The first kappa shape index (κ1) is 11.8. The zero-order chi connectivity index (χ0) is 12.5. The maximum absolute atomic E-state index is 11.5. The highest BCUT2D eigenvalue weighted by atomic mass is 16.2. The number of carbonyl (C=O) groups is 1. The maximum Gasteiger partial charge on any atom is 0.228 e. The standard InChI is InChI=1S/C12H18N4O/c1-12(2,3)14-10-7-6-9(15-16-10)13-11(17)8-4-5-8/h6-8H,4-5H2,1-3H3,(H,14,16)(H,13,15,17). The summed E-state index contributed by atoms with van der Waals surface area (Å²) in [6.45, 7) is 6.16. The SMILES string of the molecule is CC(C)(C)Nc1ccc(NC(=O)C2CC2)nn1. The second kappa shape index (κ2) is 4.31. The van der Waals surface area contributed by atoms with Crippen molar-refractivity contribution in [3.8, 4) is 0 Å². The van der Waals surface area contributed by atoms with E-state index in [0.717, 1.165) is 12.8 Å². The molecule has 0 radical (unpaired) electrons. The van der Waals surface area contributed by atoms with Gasteiger partial charge in [-0.05, 0) is 45.7 Å². The number of rotatable bonds is 3. The Balaban J connectivity index is 1.95. The second-order valence-corrected chi connectivity index (χ2v) is 5.44. The van der Waals surface area contributed by atoms with E-state index in [1.807, 2.05) is 6.07 Å². The van der Waals surface area contributed by atoms with Gasteiger partial charge in [0.2, 0.25) is 5.91 Å². The lowest BCUT2D eigenvalue weighted by Gasteiger charge is -2.20. The molecule has 0 unspecified atom stereocenters. The summed E-state index contributed by atoms with van der Waals surface area (Å²) >= 11 is 0. The van der Waals surface area contributed by atoms with Crippen molar-refractivity contribution in [2.45, 2.75) is 39.2 Å². The minimum absolute atomic E-state index is 0.0482. The molecule has 1 aromatic rings. The molecule has 0 saturated heterocycles. The van der Waals surface area contributed by atoms with Crippen LogP contribution in [0.15, 0.2) is 12.1 Å². The summed E-state index contributed by atoms with van der Waals surface area (Å²) in [5, 5.41) is 14.0. The molecule has 0 bridgehead atoms. The molecule has 0 atom stereocenters. The summed E-state index contributed by atoms with van der Waals surface area (Å²) in [4.78, 5) is 11.5. The third-order valence-electron chi connectivity index (χ3n) is 2.37. The molecule has 1 aliphatic rings. The third-order valence-corrected chi connectivity index (χ3v) is 2.37. The molecule has 1 fully saturated rings. The Kier molecular flexibility index (Phi) is 3.00. The summed E-state index contributed by atoms with van der Waals surface area (Å²) in [5.74, 6) is 1.46. The molecule has 92 valence electrons. The molecule has 17 heavy (non-hydrogen) atoms. The molecular weight excluding hydrogens is 216 g/mol. The highest BCUT2D eigenvalue weighted by Crippen LogP contribution is 2.29. The molecule has 2 rings (SSSR count). The van der Waals surface area contributed by atoms with Gasteiger partial charge in [-0.15, -0.1) is 10.2 Å². The van der Waals surface area contributed by atoms with Gasteiger partial charge >= 0.3 is 0 Å². The number of nitrogens with zero attached hydrogens (tertiary/aromatic N) is 2. The normalized spacial score (nSPS) is 15.5. The van der Waals surface area contributed by atoms with Crippen LogP contribution in [-0.4, -0.2) is 21.6 Å². The molecule has 0 aromatic carbocycles. The van der Waals surface area contributed by atoms with Crippen molar-refractivity contribution in [2.24, 2.45) is 5.92 Å². The van der Waals surface area contributed by atoms with E-state index in [2.05, 4.69) is 41.6 Å². The van der Waals surface area contributed by atoms with Crippen molar-refractivity contribution in [1.29, 1.82) is 0 Å². The summed E-state index contributed by atoms with van der Waals surface area (Å²) < 4.78 is 0. The van der Waals surface area contributed by atoms with Gasteiger partial charge in [0.1, 0.15) is 5.82 Å². The van der Waals surface area contributed by atoms with Crippen LogP contribution >= 0.6 is 0 Å². The quantitative estimate of drug-likeness (QED) is 0.839. The summed E-state index contributed by atoms with van der Waals surface area (Å²) in [5.41, 5.74) is -0.0482. The first-order valence-electron chi connectivity index (χ1n) is 5.87. The zero-order valence-corrected chi connectivity index (χ0v) is 10.4. The van der Waals surface area contributed by atoms with E-state index < -0.39 is 0 Å². The van der Waals surface area contributed by atoms with Gasteiger partial charge in [-0.3, -0.25) is 4.79 Å². The fraction of sp³-hybridized carbons (Fsp3) is 0.583. The molecule has 0 spiro atoms. The monoisotopic (exact) mass is 234 g/mol. The average Bonchev–Trinajstić information content (AvgIpc) is 3.02. The van der Waals surface area contributed by atoms with Crippen molar-refractivity contribution in [2.75, 3.05) is 10.6 Å². The van der Waals surface area contributed by atoms with E-state index in [-0.39, 0.29) is 17.4 Å². The summed E-state index contributed by atoms with van der Waals surface area (Å²) in [7, 11) is 0. The van der Waals surface area contributed by atoms with Gasteiger partial charge in [0.15, 0.2) is 5.82 Å². The average molecular weight is 234 g/mol. The molecular formula is C12H18N4O. The molecule has 1 aliphatic carbocycles. The Morgan fingerprint density at radius 3 is 2.29 bits per heavy atom. The Labute approximate surface area is 101 Å². The van der Waals surface area contributed by atoms with Crippen molar-refractivity contribution in [3.63, 3.8) is 0 Å². The van der Waals surface area contributed by atoms with Gasteiger partial charge in [-0.2, -0.15) is 0 Å². The van der Waals surface area contributed by atoms with Gasteiger partial charge in [-0.1, -0.05) is 0 Å². The molecule has 5 heteroatoms. The van der Waals surface area contributed by atoms with Crippen LogP contribution in [0.2, 0.25) is 0 Å². The largest absolute Gasteiger partial charge is 0.364 e. The first-order valence-corrected chi connectivity index (χ1v) is 5.87. The number of hydrogen-bond acceptors (Lipinski definition) is 4. The lowest BCUT2D eigenvalue weighted by atomic mass is 10.1. The van der Waals surface area contributed by atoms with Crippen molar-refractivity contribution in [3.05, 3.63) is 12.1 Å². The van der Waals surface area contributed by atoms with E-state index in [1.54, 1.807) is 6.07 Å². The lowest BCUT2D eigenvalue weighted by Crippen LogP contribution is -2.26. The van der Waals surface area contributed by atoms with Crippen molar-refractivity contribution < 1.29 is 4.79 Å². The molecule has 1 aromatic heterocycles. The zero-order valence-electron chi connectivity index (χ0n) is 10.4. The van der Waals surface area contributed by atoms with E-state index in [1.165, 1.54) is 0 Å². The van der Waals surface area contributed by atoms with Crippen LogP contribution < -0.4 is 10.6 Å². The van der Waals surface area contributed by atoms with Crippen LogP contribution in [0, 0.1) is 5.92 Å². The number of carbonyl (C=O) groups excluding carboxylic acids is 1. The highest BCUT2D eigenvalue weighted by Gasteiger charge is 2.29.